The Labute approximate surface area is 167 Å². The van der Waals surface area contributed by atoms with Crippen molar-refractivity contribution in [2.24, 2.45) is 5.92 Å². The molecular formula is C22H30N2O4. The highest BCUT2D eigenvalue weighted by molar-refractivity contribution is 5.94. The summed E-state index contributed by atoms with van der Waals surface area (Å²) in [6.07, 6.45) is 0. The van der Waals surface area contributed by atoms with Crippen LogP contribution < -0.4 is 20.1 Å². The van der Waals surface area contributed by atoms with Gasteiger partial charge in [0.15, 0.2) is 0 Å². The molecule has 0 aromatic heterocycles. The third-order valence-corrected chi connectivity index (χ3v) is 3.72. The molecule has 2 aromatic carbocycles. The van der Waals surface area contributed by atoms with Gasteiger partial charge in [0.25, 0.3) is 0 Å². The quantitative estimate of drug-likeness (QED) is 0.536. The van der Waals surface area contributed by atoms with Gasteiger partial charge in [0.05, 0.1) is 25.4 Å². The predicted molar refractivity (Wildman–Crippen MR) is 112 cm³/mol. The zero-order chi connectivity index (χ0) is 20.2. The van der Waals surface area contributed by atoms with Crippen LogP contribution >= 0.6 is 0 Å². The van der Waals surface area contributed by atoms with Gasteiger partial charge in [-0.3, -0.25) is 4.79 Å². The van der Waals surface area contributed by atoms with Gasteiger partial charge in [-0.1, -0.05) is 32.0 Å². The first-order valence-corrected chi connectivity index (χ1v) is 9.64. The van der Waals surface area contributed by atoms with Crippen molar-refractivity contribution >= 4 is 17.3 Å². The lowest BCUT2D eigenvalue weighted by atomic mass is 10.2. The van der Waals surface area contributed by atoms with Crippen molar-refractivity contribution in [3.8, 4) is 11.5 Å². The number of para-hydroxylation sites is 2. The summed E-state index contributed by atoms with van der Waals surface area (Å²) in [5, 5.41) is 6.00. The third-order valence-electron chi connectivity index (χ3n) is 3.72. The minimum Gasteiger partial charge on any atom is -0.493 e. The maximum absolute atomic E-state index is 12.3. The van der Waals surface area contributed by atoms with Crippen LogP contribution in [0.25, 0.3) is 0 Å². The van der Waals surface area contributed by atoms with E-state index in [1.54, 1.807) is 0 Å². The molecule has 28 heavy (non-hydrogen) atoms. The lowest BCUT2D eigenvalue weighted by Gasteiger charge is -2.14. The topological polar surface area (TPSA) is 68.8 Å². The van der Waals surface area contributed by atoms with Crippen molar-refractivity contribution in [1.82, 2.24) is 0 Å². The second-order valence-corrected chi connectivity index (χ2v) is 6.68. The largest absolute Gasteiger partial charge is 0.493 e. The number of carbonyl (C=O) groups is 1. The fourth-order valence-electron chi connectivity index (χ4n) is 2.40. The summed E-state index contributed by atoms with van der Waals surface area (Å²) in [4.78, 5) is 12.3. The number of benzene rings is 2. The van der Waals surface area contributed by atoms with Gasteiger partial charge in [0, 0.05) is 18.4 Å². The molecule has 0 fully saturated rings. The third kappa shape index (κ3) is 7.88. The second-order valence-electron chi connectivity index (χ2n) is 6.68. The molecule has 0 bridgehead atoms. The van der Waals surface area contributed by atoms with E-state index in [1.165, 1.54) is 0 Å². The summed E-state index contributed by atoms with van der Waals surface area (Å²) in [5.41, 5.74) is 1.47. The first-order chi connectivity index (χ1) is 13.6. The molecule has 152 valence electrons. The first-order valence-electron chi connectivity index (χ1n) is 9.64. The first kappa shape index (κ1) is 21.6. The smallest absolute Gasteiger partial charge is 0.243 e. The molecule has 2 N–H and O–H groups in total. The number of ether oxygens (including phenoxy) is 3. The Morgan fingerprint density at radius 1 is 1.04 bits per heavy atom. The molecule has 0 aliphatic heterocycles. The molecule has 0 aliphatic rings. The minimum atomic E-state index is -0.148. The van der Waals surface area contributed by atoms with Gasteiger partial charge in [-0.15, -0.1) is 0 Å². The van der Waals surface area contributed by atoms with Crippen molar-refractivity contribution < 1.29 is 19.0 Å². The number of anilines is 2. The van der Waals surface area contributed by atoms with Crippen LogP contribution in [0.2, 0.25) is 0 Å². The van der Waals surface area contributed by atoms with Crippen LogP contribution in [0, 0.1) is 5.92 Å². The van der Waals surface area contributed by atoms with Crippen LogP contribution in [-0.4, -0.2) is 38.9 Å². The van der Waals surface area contributed by atoms with Crippen molar-refractivity contribution in [3.05, 3.63) is 48.5 Å². The molecule has 6 heteroatoms. The van der Waals surface area contributed by atoms with Gasteiger partial charge < -0.3 is 24.8 Å². The number of carbonyl (C=O) groups excluding carboxylic acids is 1. The fraction of sp³-hybridized carbons (Fsp3) is 0.409. The number of hydrogen-bond donors (Lipinski definition) is 2. The number of rotatable bonds is 12. The Hall–Kier alpha value is -2.73. The fourth-order valence-corrected chi connectivity index (χ4v) is 2.40. The monoisotopic (exact) mass is 386 g/mol. The summed E-state index contributed by atoms with van der Waals surface area (Å²) in [6, 6.07) is 14.9. The average Bonchev–Trinajstić information content (AvgIpc) is 2.69. The van der Waals surface area contributed by atoms with E-state index in [9.17, 15) is 4.79 Å². The predicted octanol–water partition coefficient (Wildman–Crippen LogP) is 4.19. The number of nitrogens with one attached hydrogen (secondary N) is 2. The summed E-state index contributed by atoms with van der Waals surface area (Å²) in [6.45, 7) is 8.54. The highest BCUT2D eigenvalue weighted by atomic mass is 16.5. The SMILES string of the molecule is CCOCCOc1ccccc1NCC(=O)Nc1cccc(OCC(C)C)c1. The maximum Gasteiger partial charge on any atom is 0.243 e. The molecule has 2 rings (SSSR count). The van der Waals surface area contributed by atoms with Gasteiger partial charge in [0.1, 0.15) is 18.1 Å². The van der Waals surface area contributed by atoms with Crippen LogP contribution in [0.1, 0.15) is 20.8 Å². The van der Waals surface area contributed by atoms with Gasteiger partial charge in [-0.2, -0.15) is 0 Å². The molecular weight excluding hydrogens is 356 g/mol. The molecule has 0 unspecified atom stereocenters. The highest BCUT2D eigenvalue weighted by Crippen LogP contribution is 2.23. The summed E-state index contributed by atoms with van der Waals surface area (Å²) in [5.74, 6) is 1.73. The molecule has 0 saturated heterocycles. The Morgan fingerprint density at radius 3 is 2.64 bits per heavy atom. The molecule has 1 amide bonds. The van der Waals surface area contributed by atoms with E-state index in [2.05, 4.69) is 24.5 Å². The Kier molecular flexibility index (Phi) is 9.15. The van der Waals surface area contributed by atoms with Crippen molar-refractivity contribution in [2.75, 3.05) is 43.6 Å². The van der Waals surface area contributed by atoms with Crippen molar-refractivity contribution in [1.29, 1.82) is 0 Å². The van der Waals surface area contributed by atoms with Crippen LogP contribution in [0.3, 0.4) is 0 Å². The van der Waals surface area contributed by atoms with Gasteiger partial charge in [0.2, 0.25) is 5.91 Å². The van der Waals surface area contributed by atoms with Crippen LogP contribution in [-0.2, 0) is 9.53 Å². The van der Waals surface area contributed by atoms with Crippen LogP contribution in [0.5, 0.6) is 11.5 Å². The van der Waals surface area contributed by atoms with Gasteiger partial charge in [-0.25, -0.2) is 0 Å². The van der Waals surface area contributed by atoms with Crippen molar-refractivity contribution in [3.63, 3.8) is 0 Å². The number of amides is 1. The van der Waals surface area contributed by atoms with E-state index in [4.69, 9.17) is 14.2 Å². The Bertz CT molecular complexity index is 734. The van der Waals surface area contributed by atoms with Gasteiger partial charge >= 0.3 is 0 Å². The molecule has 0 heterocycles. The van der Waals surface area contributed by atoms with E-state index in [-0.39, 0.29) is 12.5 Å². The molecule has 0 saturated carbocycles. The van der Waals surface area contributed by atoms with E-state index in [1.807, 2.05) is 55.5 Å². The van der Waals surface area contributed by atoms with Gasteiger partial charge in [-0.05, 0) is 37.1 Å². The maximum atomic E-state index is 12.3. The van der Waals surface area contributed by atoms with E-state index < -0.39 is 0 Å². The summed E-state index contributed by atoms with van der Waals surface area (Å²) < 4.78 is 16.7. The average molecular weight is 386 g/mol. The van der Waals surface area contributed by atoms with Crippen LogP contribution in [0.15, 0.2) is 48.5 Å². The molecule has 0 aliphatic carbocycles. The normalized spacial score (nSPS) is 10.6. The molecule has 0 radical (unpaired) electrons. The second kappa shape index (κ2) is 11.9. The Morgan fingerprint density at radius 2 is 1.86 bits per heavy atom. The molecule has 0 spiro atoms. The standard InChI is InChI=1S/C22H30N2O4/c1-4-26-12-13-27-21-11-6-5-10-20(21)23-15-22(25)24-18-8-7-9-19(14-18)28-16-17(2)3/h5-11,14,17,23H,4,12-13,15-16H2,1-3H3,(H,24,25). The zero-order valence-electron chi connectivity index (χ0n) is 16.9. The summed E-state index contributed by atoms with van der Waals surface area (Å²) in [7, 11) is 0. The zero-order valence-corrected chi connectivity index (χ0v) is 16.9. The molecule has 2 aromatic rings. The number of hydrogen-bond acceptors (Lipinski definition) is 5. The van der Waals surface area contributed by atoms with Crippen molar-refractivity contribution in [2.45, 2.75) is 20.8 Å². The van der Waals surface area contributed by atoms with E-state index >= 15 is 0 Å². The molecule has 0 atom stereocenters. The summed E-state index contributed by atoms with van der Waals surface area (Å²) >= 11 is 0. The lowest BCUT2D eigenvalue weighted by Crippen LogP contribution is -2.22. The van der Waals surface area contributed by atoms with E-state index in [0.29, 0.717) is 43.8 Å². The van der Waals surface area contributed by atoms with Crippen LogP contribution in [0.4, 0.5) is 11.4 Å². The Balaban J connectivity index is 1.85. The minimum absolute atomic E-state index is 0.128. The lowest BCUT2D eigenvalue weighted by molar-refractivity contribution is -0.114. The highest BCUT2D eigenvalue weighted by Gasteiger charge is 2.07. The molecule has 6 nitrogen and oxygen atoms in total. The van der Waals surface area contributed by atoms with E-state index in [0.717, 1.165) is 11.4 Å².